The molecular formula is C25H26O4. The van der Waals surface area contributed by atoms with Gasteiger partial charge in [0.1, 0.15) is 23.4 Å². The minimum atomic E-state index is -0.121. The van der Waals surface area contributed by atoms with Crippen molar-refractivity contribution in [2.24, 2.45) is 5.92 Å². The Morgan fingerprint density at radius 1 is 0.931 bits per heavy atom. The quantitative estimate of drug-likeness (QED) is 0.523. The summed E-state index contributed by atoms with van der Waals surface area (Å²) in [5.74, 6) is 2.70. The number of carbonyl (C=O) groups is 1. The summed E-state index contributed by atoms with van der Waals surface area (Å²) in [7, 11) is 3.32. The Morgan fingerprint density at radius 2 is 1.62 bits per heavy atom. The van der Waals surface area contributed by atoms with Gasteiger partial charge in [0.15, 0.2) is 5.78 Å². The van der Waals surface area contributed by atoms with Crippen LogP contribution in [0.1, 0.15) is 53.9 Å². The van der Waals surface area contributed by atoms with E-state index >= 15 is 0 Å². The molecule has 2 aromatic rings. The summed E-state index contributed by atoms with van der Waals surface area (Å²) in [6.45, 7) is 0. The number of carbonyl (C=O) groups excluding carboxylic acids is 1. The van der Waals surface area contributed by atoms with E-state index in [0.717, 1.165) is 54.1 Å². The number of ether oxygens (including phenoxy) is 3. The molecule has 3 aliphatic rings. The fourth-order valence-electron chi connectivity index (χ4n) is 5.33. The summed E-state index contributed by atoms with van der Waals surface area (Å²) >= 11 is 0. The van der Waals surface area contributed by atoms with E-state index in [9.17, 15) is 4.79 Å². The molecule has 3 unspecified atom stereocenters. The SMILES string of the molecule is COc1ccc(C(=O)C2C3=C(CCCC3)C3CC2c2cc(OC)ccc2O3)cc1. The van der Waals surface area contributed by atoms with Gasteiger partial charge in [0.2, 0.25) is 0 Å². The van der Waals surface area contributed by atoms with Crippen LogP contribution in [0.4, 0.5) is 0 Å². The lowest BCUT2D eigenvalue weighted by molar-refractivity contribution is 0.0853. The lowest BCUT2D eigenvalue weighted by atomic mass is 9.64. The zero-order valence-corrected chi connectivity index (χ0v) is 16.9. The van der Waals surface area contributed by atoms with Gasteiger partial charge in [-0.15, -0.1) is 0 Å². The van der Waals surface area contributed by atoms with Crippen molar-refractivity contribution in [3.05, 3.63) is 64.7 Å². The van der Waals surface area contributed by atoms with Crippen LogP contribution in [-0.2, 0) is 0 Å². The van der Waals surface area contributed by atoms with Gasteiger partial charge in [-0.2, -0.15) is 0 Å². The maximum atomic E-state index is 13.8. The molecule has 2 aromatic carbocycles. The molecule has 2 bridgehead atoms. The zero-order chi connectivity index (χ0) is 20.0. The van der Waals surface area contributed by atoms with E-state index in [4.69, 9.17) is 14.2 Å². The fourth-order valence-corrected chi connectivity index (χ4v) is 5.33. The van der Waals surface area contributed by atoms with Crippen molar-refractivity contribution in [3.63, 3.8) is 0 Å². The maximum Gasteiger partial charge on any atom is 0.170 e. The highest BCUT2D eigenvalue weighted by atomic mass is 16.5. The van der Waals surface area contributed by atoms with Gasteiger partial charge in [0.25, 0.3) is 0 Å². The van der Waals surface area contributed by atoms with Gasteiger partial charge < -0.3 is 14.2 Å². The van der Waals surface area contributed by atoms with Crippen molar-refractivity contribution in [1.82, 2.24) is 0 Å². The van der Waals surface area contributed by atoms with Crippen LogP contribution in [0.25, 0.3) is 0 Å². The molecule has 0 radical (unpaired) electrons. The zero-order valence-electron chi connectivity index (χ0n) is 16.9. The first kappa shape index (κ1) is 18.3. The Balaban J connectivity index is 1.61. The minimum absolute atomic E-state index is 0.108. The molecule has 0 spiro atoms. The number of methoxy groups -OCH3 is 2. The number of allylic oxidation sites excluding steroid dienone is 1. The maximum absolute atomic E-state index is 13.8. The molecule has 3 atom stereocenters. The van der Waals surface area contributed by atoms with Gasteiger partial charge in [-0.1, -0.05) is 5.57 Å². The van der Waals surface area contributed by atoms with Gasteiger partial charge in [-0.3, -0.25) is 4.79 Å². The molecule has 150 valence electrons. The molecule has 1 heterocycles. The van der Waals surface area contributed by atoms with Crippen molar-refractivity contribution in [2.75, 3.05) is 14.2 Å². The lowest BCUT2D eigenvalue weighted by Crippen LogP contribution is -2.41. The van der Waals surface area contributed by atoms with Gasteiger partial charge >= 0.3 is 0 Å². The topological polar surface area (TPSA) is 44.8 Å². The number of ketones is 1. The van der Waals surface area contributed by atoms with Crippen LogP contribution in [0, 0.1) is 5.92 Å². The highest BCUT2D eigenvalue weighted by molar-refractivity contribution is 6.00. The monoisotopic (exact) mass is 390 g/mol. The van der Waals surface area contributed by atoms with Gasteiger partial charge in [-0.05, 0) is 80.1 Å². The lowest BCUT2D eigenvalue weighted by Gasteiger charge is -2.45. The second-order valence-corrected chi connectivity index (χ2v) is 8.18. The van der Waals surface area contributed by atoms with Crippen LogP contribution in [0.5, 0.6) is 17.2 Å². The molecule has 5 rings (SSSR count). The van der Waals surface area contributed by atoms with E-state index in [1.54, 1.807) is 14.2 Å². The first-order valence-corrected chi connectivity index (χ1v) is 10.4. The van der Waals surface area contributed by atoms with E-state index < -0.39 is 0 Å². The molecular weight excluding hydrogens is 364 g/mol. The van der Waals surface area contributed by atoms with E-state index in [0.29, 0.717) is 0 Å². The molecule has 29 heavy (non-hydrogen) atoms. The summed E-state index contributed by atoms with van der Waals surface area (Å²) in [5.41, 5.74) is 4.56. The summed E-state index contributed by atoms with van der Waals surface area (Å²) in [4.78, 5) is 13.8. The smallest absolute Gasteiger partial charge is 0.170 e. The average Bonchev–Trinajstić information content (AvgIpc) is 2.79. The number of benzene rings is 2. The minimum Gasteiger partial charge on any atom is -0.497 e. The Bertz CT molecular complexity index is 973. The standard InChI is InChI=1S/C25H26O4/c1-27-16-9-7-15(8-10-16)25(26)24-19-6-4-3-5-18(19)23-14-21(24)20-13-17(28-2)11-12-22(20)29-23/h7-13,21,23-24H,3-6,14H2,1-2H3. The summed E-state index contributed by atoms with van der Waals surface area (Å²) < 4.78 is 17.1. The summed E-state index contributed by atoms with van der Waals surface area (Å²) in [6.07, 6.45) is 5.35. The van der Waals surface area contributed by atoms with Crippen molar-refractivity contribution < 1.29 is 19.0 Å². The Labute approximate surface area is 171 Å². The Kier molecular flexibility index (Phi) is 4.57. The van der Waals surface area contributed by atoms with Gasteiger partial charge in [0, 0.05) is 17.0 Å². The van der Waals surface area contributed by atoms with E-state index in [-0.39, 0.29) is 23.7 Å². The Hall–Kier alpha value is -2.75. The predicted molar refractivity (Wildman–Crippen MR) is 111 cm³/mol. The molecule has 0 amide bonds. The van der Waals surface area contributed by atoms with Crippen molar-refractivity contribution in [1.29, 1.82) is 0 Å². The third kappa shape index (κ3) is 3.02. The molecule has 0 saturated heterocycles. The predicted octanol–water partition coefficient (Wildman–Crippen LogP) is 5.32. The third-order valence-electron chi connectivity index (χ3n) is 6.73. The molecule has 0 N–H and O–H groups in total. The first-order valence-electron chi connectivity index (χ1n) is 10.4. The molecule has 0 fully saturated rings. The second kappa shape index (κ2) is 7.25. The van der Waals surface area contributed by atoms with Gasteiger partial charge in [0.05, 0.1) is 20.1 Å². The molecule has 1 aliphatic heterocycles. The number of Topliss-reactive ketones (excluding diaryl/α,β-unsaturated/α-hetero) is 1. The number of rotatable bonds is 4. The molecule has 2 aliphatic carbocycles. The molecule has 0 saturated carbocycles. The highest BCUT2D eigenvalue weighted by Crippen LogP contribution is 2.53. The van der Waals surface area contributed by atoms with Crippen molar-refractivity contribution in [2.45, 2.75) is 44.1 Å². The van der Waals surface area contributed by atoms with Crippen molar-refractivity contribution in [3.8, 4) is 17.2 Å². The van der Waals surface area contributed by atoms with E-state index in [1.165, 1.54) is 17.6 Å². The third-order valence-corrected chi connectivity index (χ3v) is 6.73. The largest absolute Gasteiger partial charge is 0.497 e. The fraction of sp³-hybridized carbons (Fsp3) is 0.400. The molecule has 0 aromatic heterocycles. The number of fused-ring (bicyclic) bond motifs is 5. The average molecular weight is 390 g/mol. The van der Waals surface area contributed by atoms with Crippen LogP contribution >= 0.6 is 0 Å². The molecule has 4 heteroatoms. The highest BCUT2D eigenvalue weighted by Gasteiger charge is 2.46. The van der Waals surface area contributed by atoms with E-state index in [1.807, 2.05) is 36.4 Å². The summed E-state index contributed by atoms with van der Waals surface area (Å²) in [5, 5.41) is 0. The Morgan fingerprint density at radius 3 is 2.34 bits per heavy atom. The second-order valence-electron chi connectivity index (χ2n) is 8.18. The van der Waals surface area contributed by atoms with Crippen LogP contribution < -0.4 is 14.2 Å². The van der Waals surface area contributed by atoms with Crippen LogP contribution in [0.3, 0.4) is 0 Å². The number of hydrogen-bond donors (Lipinski definition) is 0. The number of hydrogen-bond acceptors (Lipinski definition) is 4. The van der Waals surface area contributed by atoms with Crippen LogP contribution in [0.2, 0.25) is 0 Å². The first-order chi connectivity index (χ1) is 14.2. The van der Waals surface area contributed by atoms with Crippen LogP contribution in [0.15, 0.2) is 53.6 Å². The van der Waals surface area contributed by atoms with Crippen LogP contribution in [-0.4, -0.2) is 26.1 Å². The van der Waals surface area contributed by atoms with E-state index in [2.05, 4.69) is 6.07 Å². The van der Waals surface area contributed by atoms with Crippen molar-refractivity contribution >= 4 is 5.78 Å². The molecule has 4 nitrogen and oxygen atoms in total. The van der Waals surface area contributed by atoms with Gasteiger partial charge in [-0.25, -0.2) is 0 Å². The summed E-state index contributed by atoms with van der Waals surface area (Å²) in [6, 6.07) is 13.5. The normalized spacial score (nSPS) is 24.8.